The smallest absolute Gasteiger partial charge is 0.258 e. The van der Waals surface area contributed by atoms with Crippen LogP contribution in [-0.4, -0.2) is 55.6 Å². The van der Waals surface area contributed by atoms with Gasteiger partial charge in [-0.3, -0.25) is 9.10 Å². The third-order valence-electron chi connectivity index (χ3n) is 4.59. The molecule has 0 saturated carbocycles. The van der Waals surface area contributed by atoms with E-state index in [1.807, 2.05) is 0 Å². The molecule has 0 aliphatic heterocycles. The molecule has 11 heteroatoms. The fraction of sp³-hybridized carbons (Fsp3) is 0.350. The van der Waals surface area contributed by atoms with Crippen LogP contribution in [0.2, 0.25) is 5.02 Å². The van der Waals surface area contributed by atoms with Gasteiger partial charge in [0.1, 0.15) is 11.5 Å². The molecule has 31 heavy (non-hydrogen) atoms. The van der Waals surface area contributed by atoms with Crippen molar-refractivity contribution >= 4 is 38.9 Å². The molecule has 1 N–H and O–H groups in total. The number of nitrogens with zero attached hydrogens (tertiary/aromatic N) is 1. The number of carbonyl (C=O) groups excluding carboxylic acids is 1. The van der Waals surface area contributed by atoms with Gasteiger partial charge in [-0.05, 0) is 13.0 Å². The third-order valence-corrected chi connectivity index (χ3v) is 6.65. The summed E-state index contributed by atoms with van der Waals surface area (Å²) >= 11 is 6.12. The first kappa shape index (κ1) is 24.4. The Morgan fingerprint density at radius 3 is 2.00 bits per heavy atom. The van der Waals surface area contributed by atoms with Gasteiger partial charge in [0.25, 0.3) is 5.91 Å². The van der Waals surface area contributed by atoms with E-state index in [-0.39, 0.29) is 34.2 Å². The molecular weight excluding hydrogens is 448 g/mol. The molecule has 1 amide bonds. The molecule has 170 valence electrons. The zero-order valence-electron chi connectivity index (χ0n) is 18.1. The second-order valence-corrected chi connectivity index (χ2v) is 8.93. The van der Waals surface area contributed by atoms with E-state index in [1.54, 1.807) is 0 Å². The van der Waals surface area contributed by atoms with Gasteiger partial charge >= 0.3 is 0 Å². The van der Waals surface area contributed by atoms with Gasteiger partial charge in [0, 0.05) is 25.2 Å². The molecule has 0 aliphatic carbocycles. The highest BCUT2D eigenvalue weighted by molar-refractivity contribution is 7.92. The number of amides is 1. The van der Waals surface area contributed by atoms with Crippen LogP contribution in [0.4, 0.5) is 11.4 Å². The van der Waals surface area contributed by atoms with E-state index in [1.165, 1.54) is 66.7 Å². The minimum atomic E-state index is -3.66. The number of anilines is 2. The Morgan fingerprint density at radius 1 is 0.935 bits per heavy atom. The van der Waals surface area contributed by atoms with Gasteiger partial charge in [-0.2, -0.15) is 0 Å². The number of hydrogen-bond donors (Lipinski definition) is 1. The second-order valence-electron chi connectivity index (χ2n) is 6.23. The van der Waals surface area contributed by atoms with Crippen molar-refractivity contribution in [1.29, 1.82) is 0 Å². The number of hydrogen-bond acceptors (Lipinski definition) is 7. The molecule has 0 bridgehead atoms. The molecule has 0 radical (unpaired) electrons. The van der Waals surface area contributed by atoms with Crippen LogP contribution in [0.1, 0.15) is 17.3 Å². The predicted molar refractivity (Wildman–Crippen MR) is 120 cm³/mol. The summed E-state index contributed by atoms with van der Waals surface area (Å²) < 4.78 is 47.0. The number of rotatable bonds is 9. The third kappa shape index (κ3) is 5.08. The first-order valence-corrected chi connectivity index (χ1v) is 11.1. The molecular formula is C20H25ClN2O7S. The lowest BCUT2D eigenvalue weighted by Crippen LogP contribution is -2.30. The molecule has 0 heterocycles. The maximum atomic E-state index is 13.2. The standard InChI is InChI=1S/C20H25ClN2O7S/c1-7-31(25,26)23(2)15-11-19(30-6)18(29-5)8-12(15)20(24)22-14-10-16(27-3)13(21)9-17(14)28-4/h8-11H,7H2,1-6H3,(H,22,24). The number of halogens is 1. The SMILES string of the molecule is CCS(=O)(=O)N(C)c1cc(OC)c(OC)cc1C(=O)Nc1cc(OC)c(Cl)cc1OC. The Bertz CT molecular complexity index is 1070. The van der Waals surface area contributed by atoms with Crippen LogP contribution < -0.4 is 28.6 Å². The zero-order chi connectivity index (χ0) is 23.3. The lowest BCUT2D eigenvalue weighted by Gasteiger charge is -2.23. The van der Waals surface area contributed by atoms with E-state index in [4.69, 9.17) is 30.5 Å². The van der Waals surface area contributed by atoms with E-state index >= 15 is 0 Å². The molecule has 0 atom stereocenters. The van der Waals surface area contributed by atoms with Crippen LogP contribution in [0, 0.1) is 0 Å². The van der Waals surface area contributed by atoms with Crippen molar-refractivity contribution in [1.82, 2.24) is 0 Å². The van der Waals surface area contributed by atoms with Gasteiger partial charge in [-0.25, -0.2) is 8.42 Å². The highest BCUT2D eigenvalue weighted by atomic mass is 35.5. The van der Waals surface area contributed by atoms with Crippen LogP contribution in [0.5, 0.6) is 23.0 Å². The first-order valence-electron chi connectivity index (χ1n) is 9.08. The van der Waals surface area contributed by atoms with E-state index in [9.17, 15) is 13.2 Å². The number of nitrogens with one attached hydrogen (secondary N) is 1. The number of sulfonamides is 1. The maximum Gasteiger partial charge on any atom is 0.258 e. The van der Waals surface area contributed by atoms with E-state index in [2.05, 4.69) is 5.32 Å². The van der Waals surface area contributed by atoms with Gasteiger partial charge in [0.2, 0.25) is 10.0 Å². The average Bonchev–Trinajstić information content (AvgIpc) is 2.78. The van der Waals surface area contributed by atoms with Crippen LogP contribution in [0.25, 0.3) is 0 Å². The van der Waals surface area contributed by atoms with Crippen molar-refractivity contribution in [2.24, 2.45) is 0 Å². The van der Waals surface area contributed by atoms with Gasteiger partial charge in [-0.15, -0.1) is 0 Å². The maximum absolute atomic E-state index is 13.2. The number of ether oxygens (including phenoxy) is 4. The molecule has 9 nitrogen and oxygen atoms in total. The molecule has 2 rings (SSSR count). The van der Waals surface area contributed by atoms with Crippen LogP contribution in [0.3, 0.4) is 0 Å². The molecule has 0 spiro atoms. The van der Waals surface area contributed by atoms with Crippen molar-refractivity contribution < 1.29 is 32.2 Å². The number of methoxy groups -OCH3 is 4. The van der Waals surface area contributed by atoms with Gasteiger partial charge < -0.3 is 24.3 Å². The number of carbonyl (C=O) groups is 1. The summed E-state index contributed by atoms with van der Waals surface area (Å²) in [5.41, 5.74) is 0.459. The Kier molecular flexibility index (Phi) is 7.85. The molecule has 2 aromatic carbocycles. The van der Waals surface area contributed by atoms with E-state index < -0.39 is 15.9 Å². The summed E-state index contributed by atoms with van der Waals surface area (Å²) in [4.78, 5) is 13.2. The molecule has 0 aliphatic rings. The normalized spacial score (nSPS) is 10.9. The fourth-order valence-electron chi connectivity index (χ4n) is 2.80. The summed E-state index contributed by atoms with van der Waals surface area (Å²) in [5, 5.41) is 3.02. The lowest BCUT2D eigenvalue weighted by molar-refractivity contribution is 0.102. The van der Waals surface area contributed by atoms with Gasteiger partial charge in [-0.1, -0.05) is 11.6 Å². The second kappa shape index (κ2) is 9.97. The van der Waals surface area contributed by atoms with Crippen LogP contribution in [0.15, 0.2) is 24.3 Å². The largest absolute Gasteiger partial charge is 0.495 e. The van der Waals surface area contributed by atoms with Crippen molar-refractivity contribution in [2.45, 2.75) is 6.92 Å². The predicted octanol–water partition coefficient (Wildman–Crippen LogP) is 3.41. The average molecular weight is 473 g/mol. The fourth-order valence-corrected chi connectivity index (χ4v) is 3.87. The van der Waals surface area contributed by atoms with Crippen molar-refractivity contribution in [3.63, 3.8) is 0 Å². The Morgan fingerprint density at radius 2 is 1.48 bits per heavy atom. The Labute approximate surface area is 186 Å². The highest BCUT2D eigenvalue weighted by Crippen LogP contribution is 2.39. The quantitative estimate of drug-likeness (QED) is 0.596. The van der Waals surface area contributed by atoms with Gasteiger partial charge in [0.05, 0.1) is 56.2 Å². The Hall–Kier alpha value is -2.85. The molecule has 0 aromatic heterocycles. The Balaban J connectivity index is 2.62. The van der Waals surface area contributed by atoms with E-state index in [0.29, 0.717) is 16.5 Å². The number of benzene rings is 2. The van der Waals surface area contributed by atoms with Crippen LogP contribution in [-0.2, 0) is 10.0 Å². The molecule has 0 saturated heterocycles. The van der Waals surface area contributed by atoms with Crippen molar-refractivity contribution in [3.8, 4) is 23.0 Å². The minimum absolute atomic E-state index is 0.0492. The lowest BCUT2D eigenvalue weighted by atomic mass is 10.1. The summed E-state index contributed by atoms with van der Waals surface area (Å²) in [6.45, 7) is 1.51. The highest BCUT2D eigenvalue weighted by Gasteiger charge is 2.26. The van der Waals surface area contributed by atoms with Crippen molar-refractivity contribution in [3.05, 3.63) is 34.9 Å². The summed E-state index contributed by atoms with van der Waals surface area (Å²) in [5.74, 6) is 0.418. The van der Waals surface area contributed by atoms with Gasteiger partial charge in [0.15, 0.2) is 11.5 Å². The van der Waals surface area contributed by atoms with E-state index in [0.717, 1.165) is 4.31 Å². The molecule has 0 fully saturated rings. The van der Waals surface area contributed by atoms with Crippen molar-refractivity contribution in [2.75, 3.05) is 50.9 Å². The monoisotopic (exact) mass is 472 g/mol. The molecule has 2 aromatic rings. The summed E-state index contributed by atoms with van der Waals surface area (Å²) in [7, 11) is 3.41. The summed E-state index contributed by atoms with van der Waals surface area (Å²) in [6, 6.07) is 5.84. The van der Waals surface area contributed by atoms with Crippen LogP contribution >= 0.6 is 11.6 Å². The first-order chi connectivity index (χ1) is 14.6. The topological polar surface area (TPSA) is 103 Å². The summed E-state index contributed by atoms with van der Waals surface area (Å²) in [6.07, 6.45) is 0. The zero-order valence-corrected chi connectivity index (χ0v) is 19.7. The molecule has 0 unspecified atom stereocenters. The minimum Gasteiger partial charge on any atom is -0.495 e.